The van der Waals surface area contributed by atoms with Gasteiger partial charge in [0.15, 0.2) is 0 Å². The van der Waals surface area contributed by atoms with Crippen LogP contribution in [0.3, 0.4) is 0 Å². The van der Waals surface area contributed by atoms with Crippen LogP contribution in [0.4, 0.5) is 0 Å². The fraction of sp³-hybridized carbons (Fsp3) is 0.300. The van der Waals surface area contributed by atoms with Crippen LogP contribution in [0.5, 0.6) is 5.75 Å². The number of aryl methyl sites for hydroxylation is 1. The number of amidine groups is 1. The molecule has 2 aromatic carbocycles. The van der Waals surface area contributed by atoms with Gasteiger partial charge in [-0.05, 0) is 36.8 Å². The minimum absolute atomic E-state index is 0.0607. The summed E-state index contributed by atoms with van der Waals surface area (Å²) in [6.07, 6.45) is 0. The van der Waals surface area contributed by atoms with Crippen molar-refractivity contribution in [3.05, 3.63) is 59.2 Å². The lowest BCUT2D eigenvalue weighted by molar-refractivity contribution is 0.0698. The molecule has 2 aromatic rings. The molecule has 154 valence electrons. The number of piperazine rings is 1. The van der Waals surface area contributed by atoms with Crippen LogP contribution < -0.4 is 10.5 Å². The van der Waals surface area contributed by atoms with Crippen molar-refractivity contribution in [3.63, 3.8) is 0 Å². The van der Waals surface area contributed by atoms with Gasteiger partial charge < -0.3 is 15.4 Å². The first kappa shape index (κ1) is 20.8. The second-order valence-corrected chi connectivity index (χ2v) is 8.75. The number of hydrogen-bond donors (Lipinski definition) is 2. The molecule has 0 unspecified atom stereocenters. The Hall–Kier alpha value is -2.91. The maximum atomic E-state index is 13.1. The molecule has 1 heterocycles. The molecular weight excluding hydrogens is 392 g/mol. The van der Waals surface area contributed by atoms with Crippen LogP contribution in [0, 0.1) is 12.3 Å². The van der Waals surface area contributed by atoms with E-state index in [0.29, 0.717) is 30.0 Å². The highest BCUT2D eigenvalue weighted by atomic mass is 32.2. The van der Waals surface area contributed by atoms with E-state index < -0.39 is 10.0 Å². The number of benzene rings is 2. The molecule has 3 N–H and O–H groups in total. The van der Waals surface area contributed by atoms with Crippen molar-refractivity contribution in [3.8, 4) is 5.75 Å². The highest BCUT2D eigenvalue weighted by Crippen LogP contribution is 2.28. The second kappa shape index (κ2) is 8.22. The molecule has 0 aliphatic carbocycles. The van der Waals surface area contributed by atoms with Crippen molar-refractivity contribution < 1.29 is 17.9 Å². The number of ether oxygens (including phenoxy) is 1. The number of nitrogens with one attached hydrogen (secondary N) is 1. The first-order valence-corrected chi connectivity index (χ1v) is 10.6. The van der Waals surface area contributed by atoms with Crippen molar-refractivity contribution in [2.75, 3.05) is 33.3 Å². The summed E-state index contributed by atoms with van der Waals surface area (Å²) in [5, 5.41) is 7.41. The van der Waals surface area contributed by atoms with Crippen molar-refractivity contribution in [2.24, 2.45) is 5.73 Å². The van der Waals surface area contributed by atoms with E-state index >= 15 is 0 Å². The van der Waals surface area contributed by atoms with E-state index in [1.54, 1.807) is 47.4 Å². The third kappa shape index (κ3) is 4.25. The summed E-state index contributed by atoms with van der Waals surface area (Å²) in [5.41, 5.74) is 7.28. The van der Waals surface area contributed by atoms with Gasteiger partial charge in [-0.1, -0.05) is 18.2 Å². The summed E-state index contributed by atoms with van der Waals surface area (Å²) >= 11 is 0. The van der Waals surface area contributed by atoms with Gasteiger partial charge in [0, 0.05) is 37.3 Å². The van der Waals surface area contributed by atoms with E-state index in [1.807, 2.05) is 6.92 Å². The van der Waals surface area contributed by atoms with E-state index in [2.05, 4.69) is 0 Å². The number of carbonyl (C=O) groups excluding carboxylic acids is 1. The van der Waals surface area contributed by atoms with Gasteiger partial charge in [0.2, 0.25) is 10.0 Å². The number of nitrogens with two attached hydrogens (primary N) is 1. The molecule has 1 fully saturated rings. The van der Waals surface area contributed by atoms with E-state index in [0.717, 1.165) is 5.56 Å². The van der Waals surface area contributed by atoms with Crippen LogP contribution >= 0.6 is 0 Å². The van der Waals surface area contributed by atoms with Crippen LogP contribution in [-0.2, 0) is 10.0 Å². The van der Waals surface area contributed by atoms with Crippen LogP contribution in [0.25, 0.3) is 0 Å². The third-order valence-electron chi connectivity index (χ3n) is 4.91. The second-order valence-electron chi connectivity index (χ2n) is 6.84. The lowest BCUT2D eigenvalue weighted by Crippen LogP contribution is -2.50. The zero-order valence-electron chi connectivity index (χ0n) is 16.4. The number of hydrogen-bond acceptors (Lipinski definition) is 5. The van der Waals surface area contributed by atoms with Crippen molar-refractivity contribution in [1.29, 1.82) is 5.41 Å². The zero-order valence-corrected chi connectivity index (χ0v) is 17.2. The third-order valence-corrected chi connectivity index (χ3v) is 6.83. The molecule has 3 rings (SSSR count). The summed E-state index contributed by atoms with van der Waals surface area (Å²) in [6, 6.07) is 11.5. The molecule has 0 bridgehead atoms. The van der Waals surface area contributed by atoms with E-state index in [1.165, 1.54) is 11.4 Å². The summed E-state index contributed by atoms with van der Waals surface area (Å²) in [4.78, 5) is 14.5. The van der Waals surface area contributed by atoms with Gasteiger partial charge in [-0.25, -0.2) is 8.42 Å². The maximum absolute atomic E-state index is 13.1. The van der Waals surface area contributed by atoms with Crippen LogP contribution in [0.15, 0.2) is 47.4 Å². The predicted octanol–water partition coefficient (Wildman–Crippen LogP) is 1.43. The summed E-state index contributed by atoms with van der Waals surface area (Å²) in [7, 11) is -2.28. The molecule has 1 aliphatic heterocycles. The average Bonchev–Trinajstić information content (AvgIpc) is 2.73. The number of carbonyl (C=O) groups is 1. The zero-order chi connectivity index (χ0) is 21.2. The van der Waals surface area contributed by atoms with Crippen LogP contribution in [0.1, 0.15) is 21.5 Å². The number of rotatable bonds is 5. The number of sulfonamides is 1. The van der Waals surface area contributed by atoms with Gasteiger partial charge in [-0.2, -0.15) is 4.31 Å². The molecule has 1 amide bonds. The largest absolute Gasteiger partial charge is 0.495 e. The fourth-order valence-electron chi connectivity index (χ4n) is 3.23. The van der Waals surface area contributed by atoms with Gasteiger partial charge in [0.1, 0.15) is 16.5 Å². The molecule has 0 atom stereocenters. The lowest BCUT2D eigenvalue weighted by atomic mass is 10.1. The Morgan fingerprint density at radius 1 is 1.03 bits per heavy atom. The molecule has 8 nitrogen and oxygen atoms in total. The summed E-state index contributed by atoms with van der Waals surface area (Å²) in [5.74, 6) is 0.0688. The highest BCUT2D eigenvalue weighted by Gasteiger charge is 2.32. The van der Waals surface area contributed by atoms with E-state index in [-0.39, 0.29) is 29.7 Å². The summed E-state index contributed by atoms with van der Waals surface area (Å²) < 4.78 is 32.8. The predicted molar refractivity (Wildman–Crippen MR) is 110 cm³/mol. The van der Waals surface area contributed by atoms with Gasteiger partial charge >= 0.3 is 0 Å². The Morgan fingerprint density at radius 3 is 2.17 bits per heavy atom. The van der Waals surface area contributed by atoms with Gasteiger partial charge in [0.05, 0.1) is 7.11 Å². The Morgan fingerprint density at radius 2 is 1.62 bits per heavy atom. The molecule has 0 aromatic heterocycles. The van der Waals surface area contributed by atoms with E-state index in [4.69, 9.17) is 15.9 Å². The number of nitrogen functional groups attached to an aromatic ring is 1. The lowest BCUT2D eigenvalue weighted by Gasteiger charge is -2.34. The van der Waals surface area contributed by atoms with Crippen molar-refractivity contribution in [2.45, 2.75) is 11.8 Å². The smallest absolute Gasteiger partial charge is 0.253 e. The van der Waals surface area contributed by atoms with E-state index in [9.17, 15) is 13.2 Å². The number of methoxy groups -OCH3 is 1. The van der Waals surface area contributed by atoms with Crippen molar-refractivity contribution in [1.82, 2.24) is 9.21 Å². The first-order valence-electron chi connectivity index (χ1n) is 9.12. The first-order chi connectivity index (χ1) is 13.7. The SMILES string of the molecule is COc1ccc(C)cc1S(=O)(=O)N1CCN(C(=O)c2ccc(C(=N)N)cc2)CC1. The molecule has 0 spiro atoms. The van der Waals surface area contributed by atoms with Crippen molar-refractivity contribution >= 4 is 21.8 Å². The maximum Gasteiger partial charge on any atom is 0.253 e. The molecule has 1 aliphatic rings. The molecular formula is C20H24N4O4S. The summed E-state index contributed by atoms with van der Waals surface area (Å²) in [6.45, 7) is 2.82. The van der Waals surface area contributed by atoms with Gasteiger partial charge in [-0.3, -0.25) is 10.2 Å². The highest BCUT2D eigenvalue weighted by molar-refractivity contribution is 7.89. The standard InChI is InChI=1S/C20H24N4O4S/c1-14-3-8-17(28-2)18(13-14)29(26,27)24-11-9-23(10-12-24)20(25)16-6-4-15(5-7-16)19(21)22/h3-8,13H,9-12H2,1-2H3,(H3,21,22). The Kier molecular flexibility index (Phi) is 5.90. The monoisotopic (exact) mass is 416 g/mol. The minimum Gasteiger partial charge on any atom is -0.495 e. The average molecular weight is 417 g/mol. The van der Waals surface area contributed by atoms with Gasteiger partial charge in [-0.15, -0.1) is 0 Å². The normalized spacial score (nSPS) is 15.2. The Balaban J connectivity index is 1.72. The fourth-order valence-corrected chi connectivity index (χ4v) is 4.89. The Bertz CT molecular complexity index is 1030. The van der Waals surface area contributed by atoms with Crippen LogP contribution in [0.2, 0.25) is 0 Å². The number of amides is 1. The molecule has 9 heteroatoms. The minimum atomic E-state index is -3.72. The molecule has 0 saturated carbocycles. The van der Waals surface area contributed by atoms with Crippen LogP contribution in [-0.4, -0.2) is 62.7 Å². The van der Waals surface area contributed by atoms with Gasteiger partial charge in [0.25, 0.3) is 5.91 Å². The molecule has 29 heavy (non-hydrogen) atoms. The molecule has 1 saturated heterocycles. The Labute approximate surface area is 170 Å². The topological polar surface area (TPSA) is 117 Å². The molecule has 0 radical (unpaired) electrons. The quantitative estimate of drug-likeness (QED) is 0.565. The number of nitrogens with zero attached hydrogens (tertiary/aromatic N) is 2.